The van der Waals surface area contributed by atoms with Crippen LogP contribution in [0.2, 0.25) is 0 Å². The van der Waals surface area contributed by atoms with Crippen molar-refractivity contribution in [3.05, 3.63) is 47.5 Å². The molecule has 4 nitrogen and oxygen atoms in total. The molecule has 0 aliphatic carbocycles. The first kappa shape index (κ1) is 23.0. The summed E-state index contributed by atoms with van der Waals surface area (Å²) in [6.45, 7) is 10.5. The van der Waals surface area contributed by atoms with E-state index in [1.54, 1.807) is 12.1 Å². The predicted molar refractivity (Wildman–Crippen MR) is 108 cm³/mol. The largest absolute Gasteiger partial charge is 0.506 e. The highest BCUT2D eigenvalue weighted by atomic mass is 19.4. The van der Waals surface area contributed by atoms with E-state index >= 15 is 0 Å². The van der Waals surface area contributed by atoms with Crippen LogP contribution in [0.1, 0.15) is 52.2 Å². The van der Waals surface area contributed by atoms with Crippen LogP contribution >= 0.6 is 0 Å². The van der Waals surface area contributed by atoms with Crippen LogP contribution in [0.3, 0.4) is 0 Å². The Bertz CT molecular complexity index is 1110. The standard InChI is InChI=1S/C22H24F5N3O/c1-19(2,3)12-20(4,5)13-7-9-18(31)17(11-13)30-28-15-8-6-14(10-16(15)29-30)21(23,24)22(25,26)27/h6-11,31H,12H2,1-5H3. The summed E-state index contributed by atoms with van der Waals surface area (Å²) < 4.78 is 65.4. The van der Waals surface area contributed by atoms with Gasteiger partial charge in [-0.25, -0.2) is 0 Å². The molecule has 0 unspecified atom stereocenters. The monoisotopic (exact) mass is 441 g/mol. The van der Waals surface area contributed by atoms with Gasteiger partial charge in [0.2, 0.25) is 0 Å². The molecule has 0 spiro atoms. The quantitative estimate of drug-likeness (QED) is 0.471. The first-order valence-corrected chi connectivity index (χ1v) is 9.67. The molecule has 1 heterocycles. The van der Waals surface area contributed by atoms with Crippen molar-refractivity contribution in [3.8, 4) is 11.4 Å². The molecular weight excluding hydrogens is 417 g/mol. The maximum absolute atomic E-state index is 13.7. The Morgan fingerprint density at radius 3 is 1.97 bits per heavy atom. The predicted octanol–water partition coefficient (Wildman–Crippen LogP) is 6.49. The lowest BCUT2D eigenvalue weighted by Gasteiger charge is -2.33. The van der Waals surface area contributed by atoms with Crippen molar-refractivity contribution in [2.75, 3.05) is 0 Å². The van der Waals surface area contributed by atoms with Crippen molar-refractivity contribution in [1.29, 1.82) is 0 Å². The Morgan fingerprint density at radius 1 is 0.806 bits per heavy atom. The minimum absolute atomic E-state index is 0.0420. The number of fused-ring (bicyclic) bond motifs is 1. The van der Waals surface area contributed by atoms with Crippen LogP contribution in [0, 0.1) is 5.41 Å². The molecule has 0 aliphatic rings. The summed E-state index contributed by atoms with van der Waals surface area (Å²) in [5.41, 5.74) is -0.333. The summed E-state index contributed by atoms with van der Waals surface area (Å²) in [7, 11) is 0. The van der Waals surface area contributed by atoms with E-state index in [2.05, 4.69) is 44.8 Å². The average molecular weight is 441 g/mol. The second kappa shape index (κ2) is 7.17. The van der Waals surface area contributed by atoms with Crippen molar-refractivity contribution in [1.82, 2.24) is 15.0 Å². The average Bonchev–Trinajstić information content (AvgIpc) is 3.01. The summed E-state index contributed by atoms with van der Waals surface area (Å²) in [4.78, 5) is 1.05. The van der Waals surface area contributed by atoms with Gasteiger partial charge in [0.25, 0.3) is 0 Å². The molecule has 31 heavy (non-hydrogen) atoms. The highest BCUT2D eigenvalue weighted by molar-refractivity contribution is 5.75. The zero-order valence-corrected chi connectivity index (χ0v) is 17.8. The van der Waals surface area contributed by atoms with Gasteiger partial charge in [-0.15, -0.1) is 15.0 Å². The molecule has 9 heteroatoms. The minimum Gasteiger partial charge on any atom is -0.506 e. The minimum atomic E-state index is -5.72. The normalized spacial score (nSPS) is 13.7. The molecule has 168 valence electrons. The third-order valence-electron chi connectivity index (χ3n) is 5.04. The lowest BCUT2D eigenvalue weighted by Crippen LogP contribution is -2.33. The van der Waals surface area contributed by atoms with E-state index in [0.717, 1.165) is 22.8 Å². The zero-order chi connectivity index (χ0) is 23.4. The number of phenols is 1. The van der Waals surface area contributed by atoms with Gasteiger partial charge in [-0.3, -0.25) is 0 Å². The lowest BCUT2D eigenvalue weighted by molar-refractivity contribution is -0.289. The molecule has 0 fully saturated rings. The number of aromatic hydroxyl groups is 1. The maximum atomic E-state index is 13.7. The van der Waals surface area contributed by atoms with E-state index in [1.807, 2.05) is 0 Å². The summed E-state index contributed by atoms with van der Waals surface area (Å²) >= 11 is 0. The second-order valence-corrected chi connectivity index (χ2v) is 9.59. The first-order valence-electron chi connectivity index (χ1n) is 9.67. The van der Waals surface area contributed by atoms with Gasteiger partial charge < -0.3 is 5.11 Å². The molecule has 0 bridgehead atoms. The maximum Gasteiger partial charge on any atom is 0.458 e. The van der Waals surface area contributed by atoms with Crippen LogP contribution in [0.15, 0.2) is 36.4 Å². The summed E-state index contributed by atoms with van der Waals surface area (Å²) in [5.74, 6) is -5.15. The lowest BCUT2D eigenvalue weighted by atomic mass is 9.72. The van der Waals surface area contributed by atoms with Gasteiger partial charge in [0.05, 0.1) is 0 Å². The number of benzene rings is 2. The van der Waals surface area contributed by atoms with E-state index in [0.29, 0.717) is 12.1 Å². The van der Waals surface area contributed by atoms with Crippen molar-refractivity contribution in [2.24, 2.45) is 5.41 Å². The third-order valence-corrected chi connectivity index (χ3v) is 5.04. The highest BCUT2D eigenvalue weighted by Gasteiger charge is 2.58. The molecule has 0 saturated carbocycles. The van der Waals surface area contributed by atoms with E-state index in [1.165, 1.54) is 6.07 Å². The van der Waals surface area contributed by atoms with Crippen LogP contribution in [0.4, 0.5) is 22.0 Å². The molecule has 0 amide bonds. The van der Waals surface area contributed by atoms with Crippen LogP contribution in [0.25, 0.3) is 16.7 Å². The number of rotatable bonds is 4. The van der Waals surface area contributed by atoms with Gasteiger partial charge >= 0.3 is 12.1 Å². The van der Waals surface area contributed by atoms with Crippen molar-refractivity contribution < 1.29 is 27.1 Å². The molecular formula is C22H24F5N3O. The smallest absolute Gasteiger partial charge is 0.458 e. The first-order chi connectivity index (χ1) is 14.0. The van der Waals surface area contributed by atoms with Gasteiger partial charge in [0.15, 0.2) is 0 Å². The molecule has 3 aromatic rings. The van der Waals surface area contributed by atoms with Crippen molar-refractivity contribution in [2.45, 2.75) is 58.6 Å². The summed E-state index contributed by atoms with van der Waals surface area (Å²) in [6, 6.07) is 7.37. The van der Waals surface area contributed by atoms with Crippen LogP contribution in [-0.2, 0) is 11.3 Å². The van der Waals surface area contributed by atoms with Gasteiger partial charge in [-0.05, 0) is 47.1 Å². The SMILES string of the molecule is CC(C)(C)CC(C)(C)c1ccc(O)c(-n2nc3ccc(C(F)(F)C(F)(F)F)cc3n2)c1. The number of hydrogen-bond donors (Lipinski definition) is 1. The molecule has 0 atom stereocenters. The molecule has 0 radical (unpaired) electrons. The van der Waals surface area contributed by atoms with E-state index in [-0.39, 0.29) is 33.3 Å². The molecule has 1 aromatic heterocycles. The fourth-order valence-corrected chi connectivity index (χ4v) is 3.91. The van der Waals surface area contributed by atoms with Gasteiger partial charge in [-0.2, -0.15) is 22.0 Å². The van der Waals surface area contributed by atoms with Crippen LogP contribution < -0.4 is 0 Å². The Morgan fingerprint density at radius 2 is 1.39 bits per heavy atom. The van der Waals surface area contributed by atoms with E-state index < -0.39 is 17.7 Å². The summed E-state index contributed by atoms with van der Waals surface area (Å²) in [5, 5.41) is 18.5. The fraction of sp³-hybridized carbons (Fsp3) is 0.455. The molecule has 0 aliphatic heterocycles. The molecule has 1 N–H and O–H groups in total. The third kappa shape index (κ3) is 4.50. The highest BCUT2D eigenvalue weighted by Crippen LogP contribution is 2.44. The number of phenolic OH excluding ortho intramolecular Hbond substituents is 1. The molecule has 0 saturated heterocycles. The van der Waals surface area contributed by atoms with Crippen molar-refractivity contribution >= 4 is 11.0 Å². The fourth-order valence-electron chi connectivity index (χ4n) is 3.91. The van der Waals surface area contributed by atoms with Crippen LogP contribution in [0.5, 0.6) is 5.75 Å². The molecule has 2 aromatic carbocycles. The van der Waals surface area contributed by atoms with Gasteiger partial charge in [-0.1, -0.05) is 46.8 Å². The van der Waals surface area contributed by atoms with E-state index in [9.17, 15) is 27.1 Å². The Kier molecular flexibility index (Phi) is 5.31. The zero-order valence-electron chi connectivity index (χ0n) is 17.8. The number of hydrogen-bond acceptors (Lipinski definition) is 3. The van der Waals surface area contributed by atoms with Crippen LogP contribution in [-0.4, -0.2) is 26.3 Å². The van der Waals surface area contributed by atoms with Crippen molar-refractivity contribution in [3.63, 3.8) is 0 Å². The topological polar surface area (TPSA) is 50.9 Å². The number of aromatic nitrogens is 3. The second-order valence-electron chi connectivity index (χ2n) is 9.59. The number of nitrogens with zero attached hydrogens (tertiary/aromatic N) is 3. The Labute approximate surface area is 176 Å². The van der Waals surface area contributed by atoms with E-state index in [4.69, 9.17) is 0 Å². The summed E-state index contributed by atoms with van der Waals surface area (Å²) in [6.07, 6.45) is -4.88. The Balaban J connectivity index is 2.06. The van der Waals surface area contributed by atoms with Gasteiger partial charge in [0.1, 0.15) is 22.5 Å². The van der Waals surface area contributed by atoms with Gasteiger partial charge in [0, 0.05) is 5.56 Å². The number of alkyl halides is 5. The Hall–Kier alpha value is -2.71. The number of halogens is 5. The molecule has 3 rings (SSSR count).